The molecule has 27 heavy (non-hydrogen) atoms. The number of halogens is 2. The molecule has 1 saturated carbocycles. The molecule has 1 aromatic heterocycles. The molecular formula is C19H21ClFN3O3. The lowest BCUT2D eigenvalue weighted by atomic mass is 10.1. The van der Waals surface area contributed by atoms with Gasteiger partial charge in [-0.05, 0) is 31.4 Å². The van der Waals surface area contributed by atoms with Crippen LogP contribution in [-0.4, -0.2) is 52.8 Å². The Hall–Kier alpha value is -2.12. The zero-order valence-electron chi connectivity index (χ0n) is 14.7. The summed E-state index contributed by atoms with van der Waals surface area (Å²) in [6.07, 6.45) is 4.35. The number of piperazine rings is 1. The van der Waals surface area contributed by atoms with Crippen molar-refractivity contribution < 1.29 is 14.3 Å². The highest BCUT2D eigenvalue weighted by Gasteiger charge is 2.34. The molecule has 2 aromatic rings. The Bertz CT molecular complexity index is 988. The molecule has 1 N–H and O–H groups in total. The van der Waals surface area contributed by atoms with Crippen LogP contribution in [0.25, 0.3) is 10.9 Å². The van der Waals surface area contributed by atoms with Crippen molar-refractivity contribution >= 4 is 35.0 Å². The van der Waals surface area contributed by atoms with Crippen molar-refractivity contribution in [1.29, 1.82) is 0 Å². The van der Waals surface area contributed by atoms with Crippen LogP contribution in [0.4, 0.5) is 10.1 Å². The minimum absolute atomic E-state index is 0. The van der Waals surface area contributed by atoms with Gasteiger partial charge in [-0.3, -0.25) is 9.69 Å². The molecule has 2 bridgehead atoms. The Morgan fingerprint density at radius 2 is 1.89 bits per heavy atom. The minimum Gasteiger partial charge on any atom is -0.477 e. The molecule has 2 unspecified atom stereocenters. The molecule has 3 aliphatic rings. The number of nitrogens with zero attached hydrogens (tertiary/aromatic N) is 3. The summed E-state index contributed by atoms with van der Waals surface area (Å²) in [5.74, 6) is -1.71. The van der Waals surface area contributed by atoms with Crippen molar-refractivity contribution in [1.82, 2.24) is 9.47 Å². The standard InChI is InChI=1S/C19H20FN3O3.ClH/c20-15-7-13-16(8-17(15)22-6-5-21-4-3-12(22)9-21)23(11-1-2-11)10-14(18(13)24)19(25)26;/h7-8,10-12H,1-6,9H2,(H,25,26);1H. The highest BCUT2D eigenvalue weighted by atomic mass is 35.5. The Labute approximate surface area is 161 Å². The van der Waals surface area contributed by atoms with E-state index in [1.54, 1.807) is 6.07 Å². The zero-order valence-corrected chi connectivity index (χ0v) is 15.5. The van der Waals surface area contributed by atoms with Gasteiger partial charge < -0.3 is 14.6 Å². The molecule has 1 aliphatic carbocycles. The van der Waals surface area contributed by atoms with Crippen molar-refractivity contribution in [2.75, 3.05) is 31.1 Å². The van der Waals surface area contributed by atoms with Crippen LogP contribution in [0.15, 0.2) is 23.1 Å². The predicted molar refractivity (Wildman–Crippen MR) is 103 cm³/mol. The summed E-state index contributed by atoms with van der Waals surface area (Å²) in [5.41, 5.74) is 0.266. The highest BCUT2D eigenvalue weighted by Crippen LogP contribution is 2.38. The Balaban J connectivity index is 0.00000180. The number of carbonyl (C=O) groups is 1. The van der Waals surface area contributed by atoms with Gasteiger partial charge in [-0.1, -0.05) is 0 Å². The summed E-state index contributed by atoms with van der Waals surface area (Å²) >= 11 is 0. The third kappa shape index (κ3) is 2.89. The third-order valence-corrected chi connectivity index (χ3v) is 5.93. The maximum atomic E-state index is 14.9. The monoisotopic (exact) mass is 393 g/mol. The summed E-state index contributed by atoms with van der Waals surface area (Å²) in [6.45, 7) is 3.69. The van der Waals surface area contributed by atoms with Crippen LogP contribution in [0, 0.1) is 5.82 Å². The Morgan fingerprint density at radius 1 is 1.11 bits per heavy atom. The number of fused-ring (bicyclic) bond motifs is 3. The molecule has 2 atom stereocenters. The van der Waals surface area contributed by atoms with Gasteiger partial charge in [0.05, 0.1) is 11.2 Å². The lowest BCUT2D eigenvalue weighted by Crippen LogP contribution is -2.47. The molecule has 6 nitrogen and oxygen atoms in total. The van der Waals surface area contributed by atoms with Gasteiger partial charge in [0.1, 0.15) is 11.4 Å². The topological polar surface area (TPSA) is 65.8 Å². The van der Waals surface area contributed by atoms with E-state index in [-0.39, 0.29) is 29.4 Å². The summed E-state index contributed by atoms with van der Waals surface area (Å²) in [4.78, 5) is 28.5. The first-order valence-corrected chi connectivity index (χ1v) is 9.13. The number of carboxylic acids is 1. The second-order valence-electron chi connectivity index (χ2n) is 7.57. The molecule has 144 valence electrons. The molecule has 8 heteroatoms. The predicted octanol–water partition coefficient (Wildman–Crippen LogP) is 2.49. The molecule has 3 heterocycles. The first-order valence-electron chi connectivity index (χ1n) is 9.13. The average molecular weight is 394 g/mol. The van der Waals surface area contributed by atoms with E-state index in [0.717, 1.165) is 45.4 Å². The second kappa shape index (κ2) is 6.49. The normalized spacial score (nSPS) is 24.1. The van der Waals surface area contributed by atoms with E-state index < -0.39 is 17.2 Å². The number of pyridine rings is 1. The summed E-state index contributed by atoms with van der Waals surface area (Å²) in [5, 5.41) is 9.49. The van der Waals surface area contributed by atoms with Crippen molar-refractivity contribution in [2.45, 2.75) is 31.3 Å². The molecule has 0 spiro atoms. The van der Waals surface area contributed by atoms with Crippen LogP contribution in [0.5, 0.6) is 0 Å². The van der Waals surface area contributed by atoms with Gasteiger partial charge in [-0.15, -0.1) is 12.4 Å². The van der Waals surface area contributed by atoms with Gasteiger partial charge >= 0.3 is 5.97 Å². The van der Waals surface area contributed by atoms with Crippen LogP contribution in [0.2, 0.25) is 0 Å². The smallest absolute Gasteiger partial charge is 0.341 e. The van der Waals surface area contributed by atoms with Crippen LogP contribution < -0.4 is 10.3 Å². The molecular weight excluding hydrogens is 373 g/mol. The summed E-state index contributed by atoms with van der Waals surface area (Å²) in [7, 11) is 0. The maximum absolute atomic E-state index is 14.9. The lowest BCUT2D eigenvalue weighted by Gasteiger charge is -2.36. The fourth-order valence-corrected chi connectivity index (χ4v) is 4.40. The van der Waals surface area contributed by atoms with Crippen molar-refractivity contribution in [2.24, 2.45) is 0 Å². The van der Waals surface area contributed by atoms with Gasteiger partial charge in [0.25, 0.3) is 0 Å². The lowest BCUT2D eigenvalue weighted by molar-refractivity contribution is 0.0695. The van der Waals surface area contributed by atoms with Gasteiger partial charge in [-0.2, -0.15) is 0 Å². The number of benzene rings is 1. The van der Waals surface area contributed by atoms with E-state index in [0.29, 0.717) is 17.2 Å². The SMILES string of the molecule is Cl.O=C(O)c1cn(C2CC2)c2cc(N3CCN4CCC3C4)c(F)cc2c1=O. The quantitative estimate of drug-likeness (QED) is 0.867. The van der Waals surface area contributed by atoms with Crippen molar-refractivity contribution in [3.8, 4) is 0 Å². The van der Waals surface area contributed by atoms with E-state index in [1.807, 2.05) is 4.57 Å². The number of rotatable bonds is 3. The summed E-state index contributed by atoms with van der Waals surface area (Å²) < 4.78 is 16.8. The molecule has 0 amide bonds. The largest absolute Gasteiger partial charge is 0.477 e. The molecule has 5 rings (SSSR count). The van der Waals surface area contributed by atoms with E-state index in [1.165, 1.54) is 12.3 Å². The van der Waals surface area contributed by atoms with Crippen LogP contribution >= 0.6 is 12.4 Å². The Kier molecular flexibility index (Phi) is 4.39. The number of hydrogen-bond acceptors (Lipinski definition) is 4. The van der Waals surface area contributed by atoms with Gasteiger partial charge in [-0.25, -0.2) is 9.18 Å². The first-order chi connectivity index (χ1) is 12.5. The van der Waals surface area contributed by atoms with Gasteiger partial charge in [0.15, 0.2) is 0 Å². The van der Waals surface area contributed by atoms with Gasteiger partial charge in [0.2, 0.25) is 5.43 Å². The fourth-order valence-electron chi connectivity index (χ4n) is 4.40. The van der Waals surface area contributed by atoms with E-state index >= 15 is 0 Å². The zero-order chi connectivity index (χ0) is 18.0. The highest BCUT2D eigenvalue weighted by molar-refractivity contribution is 5.93. The van der Waals surface area contributed by atoms with Gasteiger partial charge in [0, 0.05) is 49.8 Å². The third-order valence-electron chi connectivity index (χ3n) is 5.93. The second-order valence-corrected chi connectivity index (χ2v) is 7.57. The fraction of sp³-hybridized carbons (Fsp3) is 0.474. The van der Waals surface area contributed by atoms with Crippen LogP contribution in [0.3, 0.4) is 0 Å². The first kappa shape index (κ1) is 18.3. The number of hydrogen-bond donors (Lipinski definition) is 1. The maximum Gasteiger partial charge on any atom is 0.341 e. The molecule has 2 aliphatic heterocycles. The number of aromatic carboxylic acids is 1. The van der Waals surface area contributed by atoms with E-state index in [4.69, 9.17) is 0 Å². The van der Waals surface area contributed by atoms with Crippen molar-refractivity contribution in [3.05, 3.63) is 39.9 Å². The van der Waals surface area contributed by atoms with Crippen LogP contribution in [0.1, 0.15) is 35.7 Å². The van der Waals surface area contributed by atoms with Crippen molar-refractivity contribution in [3.63, 3.8) is 0 Å². The number of anilines is 1. The summed E-state index contributed by atoms with van der Waals surface area (Å²) in [6, 6.07) is 3.48. The minimum atomic E-state index is -1.27. The van der Waals surface area contributed by atoms with E-state index in [2.05, 4.69) is 9.80 Å². The van der Waals surface area contributed by atoms with E-state index in [9.17, 15) is 19.1 Å². The number of aromatic nitrogens is 1. The van der Waals surface area contributed by atoms with Crippen LogP contribution in [-0.2, 0) is 0 Å². The molecule has 1 aromatic carbocycles. The Morgan fingerprint density at radius 3 is 2.59 bits per heavy atom. The molecule has 3 fully saturated rings. The molecule has 0 radical (unpaired) electrons. The average Bonchev–Trinajstić information content (AvgIpc) is 3.39. The number of carboxylic acid groups (broad SMARTS) is 1. The molecule has 2 saturated heterocycles.